The van der Waals surface area contributed by atoms with Crippen LogP contribution in [0.1, 0.15) is 66.9 Å². The average Bonchev–Trinajstić information content (AvgIpc) is 2.75. The Morgan fingerprint density at radius 2 is 1.28 bits per heavy atom. The van der Waals surface area contributed by atoms with Gasteiger partial charge in [-0.1, -0.05) is 53.7 Å². The van der Waals surface area contributed by atoms with Gasteiger partial charge in [-0.15, -0.1) is 0 Å². The molecule has 4 nitrogen and oxygen atoms in total. The lowest BCUT2D eigenvalue weighted by atomic mass is 9.72. The molecule has 0 fully saturated rings. The normalized spacial score (nSPS) is 29.2. The van der Waals surface area contributed by atoms with Crippen LogP contribution in [0.2, 0.25) is 0 Å². The van der Waals surface area contributed by atoms with Gasteiger partial charge in [-0.2, -0.15) is 0 Å². The number of allylic oxidation sites excluding steroid dienone is 8. The first kappa shape index (κ1) is 24.0. The fraction of sp³-hybridized carbons (Fsp3) is 0.500. The van der Waals surface area contributed by atoms with E-state index in [9.17, 15) is 0 Å². The number of aromatic nitrogens is 2. The molecule has 0 saturated heterocycles. The molecular weight excluding hydrogens is 392 g/mol. The van der Waals surface area contributed by atoms with Crippen LogP contribution in [-0.4, -0.2) is 21.4 Å². The molecule has 4 heteroatoms. The predicted molar refractivity (Wildman–Crippen MR) is 136 cm³/mol. The fourth-order valence-electron chi connectivity index (χ4n) is 5.42. The highest BCUT2D eigenvalue weighted by Crippen LogP contribution is 2.39. The van der Waals surface area contributed by atoms with Crippen LogP contribution in [0.5, 0.6) is 0 Å². The molecule has 0 radical (unpaired) electrons. The number of hydrogen-bond donors (Lipinski definition) is 2. The van der Waals surface area contributed by atoms with E-state index in [1.54, 1.807) is 0 Å². The van der Waals surface area contributed by atoms with Gasteiger partial charge in [0.05, 0.1) is 5.69 Å². The van der Waals surface area contributed by atoms with Crippen molar-refractivity contribution in [1.29, 1.82) is 10.8 Å². The van der Waals surface area contributed by atoms with E-state index >= 15 is 0 Å². The molecule has 2 aliphatic rings. The first-order chi connectivity index (χ1) is 15.0. The van der Waals surface area contributed by atoms with Crippen molar-refractivity contribution in [3.8, 4) is 0 Å². The molecule has 0 bridgehead atoms. The summed E-state index contributed by atoms with van der Waals surface area (Å²) in [6.07, 6.45) is 10.0. The van der Waals surface area contributed by atoms with Crippen LogP contribution in [0, 0.1) is 46.3 Å². The summed E-state index contributed by atoms with van der Waals surface area (Å²) in [5.74, 6) is 2.20. The second-order valence-corrected chi connectivity index (χ2v) is 10.1. The molecule has 1 aromatic heterocycles. The van der Waals surface area contributed by atoms with E-state index < -0.39 is 0 Å². The summed E-state index contributed by atoms with van der Waals surface area (Å²) in [6, 6.07) is 1.99. The Hall–Kier alpha value is -2.62. The predicted octanol–water partition coefficient (Wildman–Crippen LogP) is 7.02. The summed E-state index contributed by atoms with van der Waals surface area (Å²) in [4.78, 5) is 9.65. The third kappa shape index (κ3) is 4.46. The summed E-state index contributed by atoms with van der Waals surface area (Å²) >= 11 is 0. The van der Waals surface area contributed by atoms with E-state index in [1.807, 2.05) is 24.4 Å². The summed E-state index contributed by atoms with van der Waals surface area (Å²) in [5.41, 5.74) is 7.06. The lowest BCUT2D eigenvalue weighted by Crippen LogP contribution is -2.28. The van der Waals surface area contributed by atoms with Gasteiger partial charge < -0.3 is 10.8 Å². The number of rotatable bonds is 4. The van der Waals surface area contributed by atoms with Gasteiger partial charge in [0.1, 0.15) is 0 Å². The molecule has 2 N–H and O–H groups in total. The molecule has 4 atom stereocenters. The van der Waals surface area contributed by atoms with Crippen molar-refractivity contribution in [2.24, 2.45) is 35.5 Å². The van der Waals surface area contributed by atoms with E-state index in [4.69, 9.17) is 15.8 Å². The Kier molecular flexibility index (Phi) is 7.12. The van der Waals surface area contributed by atoms with Gasteiger partial charge in [0.2, 0.25) is 0 Å². The van der Waals surface area contributed by atoms with Crippen molar-refractivity contribution < 1.29 is 0 Å². The van der Waals surface area contributed by atoms with Crippen molar-refractivity contribution in [1.82, 2.24) is 9.97 Å². The van der Waals surface area contributed by atoms with Crippen molar-refractivity contribution in [3.05, 3.63) is 59.2 Å². The summed E-state index contributed by atoms with van der Waals surface area (Å²) in [6.45, 7) is 17.4. The monoisotopic (exact) mass is 430 g/mol. The average molecular weight is 431 g/mol. The Morgan fingerprint density at radius 3 is 1.75 bits per heavy atom. The first-order valence-electron chi connectivity index (χ1n) is 11.8. The van der Waals surface area contributed by atoms with Crippen LogP contribution in [0.25, 0.3) is 11.1 Å². The van der Waals surface area contributed by atoms with Gasteiger partial charge in [0, 0.05) is 29.5 Å². The topological polar surface area (TPSA) is 73.5 Å². The number of nitrogens with zero attached hydrogens (tertiary/aromatic N) is 2. The maximum absolute atomic E-state index is 8.51. The molecule has 0 aliphatic heterocycles. The zero-order valence-corrected chi connectivity index (χ0v) is 20.8. The van der Waals surface area contributed by atoms with Crippen molar-refractivity contribution in [3.63, 3.8) is 0 Å². The number of nitrogens with one attached hydrogen (secondary N) is 2. The standard InChI is InChI=1S/C28H38N4/c1-15(2)24-21(29)11-9-17(5)26(24)19(7)23-13-14-31-28(32-23)20(8)27-18(6)10-12-22(30)25(27)16(3)4/h9-18,24-25,29-30H,1-8H3. The van der Waals surface area contributed by atoms with Crippen LogP contribution in [-0.2, 0) is 0 Å². The minimum absolute atomic E-state index is 0.0935. The second-order valence-electron chi connectivity index (χ2n) is 10.1. The molecule has 1 heterocycles. The molecular formula is C28H38N4. The van der Waals surface area contributed by atoms with Gasteiger partial charge >= 0.3 is 0 Å². The Bertz CT molecular complexity index is 956. The van der Waals surface area contributed by atoms with Gasteiger partial charge in [0.25, 0.3) is 0 Å². The minimum atomic E-state index is 0.0935. The lowest BCUT2D eigenvalue weighted by molar-refractivity contribution is 0.515. The van der Waals surface area contributed by atoms with Crippen LogP contribution >= 0.6 is 0 Å². The van der Waals surface area contributed by atoms with Crippen molar-refractivity contribution >= 4 is 22.6 Å². The van der Waals surface area contributed by atoms with Gasteiger partial charge in [-0.05, 0) is 78.0 Å². The summed E-state index contributed by atoms with van der Waals surface area (Å²) in [7, 11) is 0. The molecule has 0 amide bonds. The third-order valence-electron chi connectivity index (χ3n) is 7.02. The van der Waals surface area contributed by atoms with E-state index in [2.05, 4.69) is 72.5 Å². The molecule has 170 valence electrons. The zero-order valence-electron chi connectivity index (χ0n) is 20.8. The van der Waals surface area contributed by atoms with Gasteiger partial charge in [-0.25, -0.2) is 9.97 Å². The third-order valence-corrected chi connectivity index (χ3v) is 7.02. The minimum Gasteiger partial charge on any atom is -0.305 e. The lowest BCUT2D eigenvalue weighted by Gasteiger charge is -2.32. The van der Waals surface area contributed by atoms with E-state index in [1.165, 1.54) is 11.1 Å². The molecule has 2 aliphatic carbocycles. The van der Waals surface area contributed by atoms with Crippen molar-refractivity contribution in [2.75, 3.05) is 0 Å². The highest BCUT2D eigenvalue weighted by molar-refractivity contribution is 6.00. The Balaban J connectivity index is 2.14. The first-order valence-corrected chi connectivity index (χ1v) is 11.8. The molecule has 4 unspecified atom stereocenters. The summed E-state index contributed by atoms with van der Waals surface area (Å²) in [5, 5.41) is 17.0. The number of hydrogen-bond acceptors (Lipinski definition) is 4. The maximum atomic E-state index is 8.51. The smallest absolute Gasteiger partial charge is 0.155 e. The van der Waals surface area contributed by atoms with E-state index in [0.29, 0.717) is 23.3 Å². The maximum Gasteiger partial charge on any atom is 0.155 e. The largest absolute Gasteiger partial charge is 0.305 e. The SMILES string of the molecule is CC(=C1C(C)C=CC(=N)C1C(C)C)c1ccnc(C(C)=C2C(C)C=CC(=N)C2C(C)C)n1. The molecule has 0 saturated carbocycles. The second kappa shape index (κ2) is 9.48. The van der Waals surface area contributed by atoms with Crippen LogP contribution < -0.4 is 0 Å². The Labute approximate surface area is 193 Å². The molecule has 3 rings (SSSR count). The van der Waals surface area contributed by atoms with Crippen LogP contribution in [0.3, 0.4) is 0 Å². The van der Waals surface area contributed by atoms with Crippen molar-refractivity contribution in [2.45, 2.75) is 55.4 Å². The van der Waals surface area contributed by atoms with E-state index in [0.717, 1.165) is 22.7 Å². The quantitative estimate of drug-likeness (QED) is 0.538. The van der Waals surface area contributed by atoms with Gasteiger partial charge in [0.15, 0.2) is 5.82 Å². The highest BCUT2D eigenvalue weighted by Gasteiger charge is 2.32. The molecule has 32 heavy (non-hydrogen) atoms. The molecule has 0 spiro atoms. The zero-order chi connectivity index (χ0) is 23.7. The van der Waals surface area contributed by atoms with E-state index in [-0.39, 0.29) is 23.7 Å². The van der Waals surface area contributed by atoms with Crippen LogP contribution in [0.4, 0.5) is 0 Å². The molecule has 0 aromatic carbocycles. The highest BCUT2D eigenvalue weighted by atomic mass is 14.9. The fourth-order valence-corrected chi connectivity index (χ4v) is 5.42. The van der Waals surface area contributed by atoms with Crippen LogP contribution in [0.15, 0.2) is 47.7 Å². The molecule has 1 aromatic rings. The Morgan fingerprint density at radius 1 is 0.812 bits per heavy atom. The summed E-state index contributed by atoms with van der Waals surface area (Å²) < 4.78 is 0. The van der Waals surface area contributed by atoms with Gasteiger partial charge in [-0.3, -0.25) is 0 Å².